The Morgan fingerprint density at radius 3 is 1.09 bits per heavy atom. The number of benzene rings is 2. The predicted octanol–water partition coefficient (Wildman–Crippen LogP) is 24.4. The second kappa shape index (κ2) is 44.9. The van der Waals surface area contributed by atoms with E-state index in [1.54, 1.807) is 96.3 Å². The number of aryl methyl sites for hydroxylation is 1. The monoisotopic (exact) mass is 1930 g/mol. The molecule has 5 N–H and O–H groups in total. The van der Waals surface area contributed by atoms with Crippen LogP contribution in [-0.2, 0) is 25.6 Å². The zero-order chi connectivity index (χ0) is 96.5. The van der Waals surface area contributed by atoms with E-state index >= 15 is 0 Å². The summed E-state index contributed by atoms with van der Waals surface area (Å²) < 4.78 is 0. The molecule has 4 aliphatic heterocycles. The van der Waals surface area contributed by atoms with Crippen molar-refractivity contribution < 1.29 is 24.3 Å². The molecule has 15 heteroatoms. The summed E-state index contributed by atoms with van der Waals surface area (Å²) in [5.41, 5.74) is 5.77. The standard InChI is InChI=1S/C23H32N2.C21H30O.C18H30N2O.C17H28N2O.C16H27NO.C16H25NO.C15H26N2/c1-2-5-19(6-3-1)7-4-8-24-9-11-25(12-10-24)23-16-20-13-21(17-23)15-22(14-20)18-23;1-15(2-3-16-4-6-20(22)7-5-16)11-21-12-17-8-18(13-21)10-19(9-17)14-21;21-17(12-20-4-2-1-3-5-20)19-13-18-9-14-6-15(10-18)8-16(7-14)11-18;20-16(12-19-4-2-1-3-5-19)18-17-9-13-6-14(10-17)8-15(7-13)11-17;1-11(2)3-4-15(18)17-16-8-12-5-13(9-16)7-14(6-12)10-16;1-2-3-4-5-15(18)17-16-9-12-6-13(10-16)8-14(7-12)11-16;1-16-2-4-17(5-3-16)15-9-12-6-13(10-15)8-14(7-12)11-15/h1-7,20-22H,8-18H2;4-7,15,17-19,22H,2-3,8-14H2,1H3;14-16H,1-13H2,(H,19,21);13-15H,1-12H2,(H,18,20);11-14H,3-10H2,1-2H3,(H,17,18);2,12-14H,1,3-11H2,(H,17,18);12-14H,2-11H2,1H3/b7-4+;;;;;;. The Labute approximate surface area is 856 Å². The van der Waals surface area contributed by atoms with E-state index in [0.717, 1.165) is 207 Å². The number of carbonyl (C=O) groups excluding carboxylic acids is 4. The number of nitrogens with one attached hydrogen (secondary N) is 4. The number of amides is 4. The maximum Gasteiger partial charge on any atom is 0.234 e. The summed E-state index contributed by atoms with van der Waals surface area (Å²) in [5.74, 6) is 23.9. The normalized spacial score (nSPS) is 41.8. The van der Waals surface area contributed by atoms with Crippen LogP contribution in [0.3, 0.4) is 0 Å². The lowest BCUT2D eigenvalue weighted by Crippen LogP contribution is -2.63. The van der Waals surface area contributed by atoms with Gasteiger partial charge in [-0.1, -0.05) is 94.3 Å². The lowest BCUT2D eigenvalue weighted by molar-refractivity contribution is -0.128. The minimum Gasteiger partial charge on any atom is -0.508 e. The fourth-order valence-corrected chi connectivity index (χ4v) is 41.1. The molecule has 34 rings (SSSR count). The summed E-state index contributed by atoms with van der Waals surface area (Å²) in [7, 11) is 2.27. The van der Waals surface area contributed by atoms with E-state index in [1.165, 1.54) is 288 Å². The van der Waals surface area contributed by atoms with Crippen molar-refractivity contribution >= 4 is 29.7 Å². The summed E-state index contributed by atoms with van der Waals surface area (Å²) in [5, 5.41) is 23.0. The van der Waals surface area contributed by atoms with Gasteiger partial charge in [0, 0.05) is 106 Å². The molecule has 2 aromatic carbocycles. The number of piperidine rings is 2. The van der Waals surface area contributed by atoms with Crippen LogP contribution in [0, 0.1) is 147 Å². The molecule has 782 valence electrons. The number of hydrogen-bond donors (Lipinski definition) is 5. The van der Waals surface area contributed by atoms with Gasteiger partial charge in [-0.25, -0.2) is 0 Å². The third kappa shape index (κ3) is 25.8. The number of nitrogens with zero attached hydrogens (tertiary/aromatic N) is 6. The van der Waals surface area contributed by atoms with Gasteiger partial charge < -0.3 is 31.3 Å². The second-order valence-corrected chi connectivity index (χ2v) is 56.8. The van der Waals surface area contributed by atoms with Gasteiger partial charge in [0.05, 0.1) is 13.1 Å². The Hall–Kier alpha value is -4.64. The van der Waals surface area contributed by atoms with Gasteiger partial charge in [0.15, 0.2) is 0 Å². The zero-order valence-electron chi connectivity index (χ0n) is 89.6. The number of aromatic hydroxyl groups is 1. The lowest BCUT2D eigenvalue weighted by Gasteiger charge is -2.61. The smallest absolute Gasteiger partial charge is 0.234 e. The van der Waals surface area contributed by atoms with Gasteiger partial charge >= 0.3 is 0 Å². The number of likely N-dealkylation sites (tertiary alicyclic amines) is 2. The summed E-state index contributed by atoms with van der Waals surface area (Å²) >= 11 is 0. The van der Waals surface area contributed by atoms with E-state index in [1.807, 2.05) is 18.2 Å². The summed E-state index contributed by atoms with van der Waals surface area (Å²) in [6, 6.07) is 18.5. The first-order valence-electron chi connectivity index (χ1n) is 60.9. The van der Waals surface area contributed by atoms with E-state index in [-0.39, 0.29) is 28.4 Å². The van der Waals surface area contributed by atoms with Crippen molar-refractivity contribution in [2.24, 2.45) is 147 Å². The quantitative estimate of drug-likeness (QED) is 0.0451. The van der Waals surface area contributed by atoms with Crippen LogP contribution in [0.2, 0.25) is 0 Å². The molecule has 0 radical (unpaired) electrons. The Morgan fingerprint density at radius 1 is 0.376 bits per heavy atom. The molecule has 15 nitrogen and oxygen atoms in total. The highest BCUT2D eigenvalue weighted by molar-refractivity contribution is 5.79. The molecule has 28 aliphatic carbocycles. The number of phenolic OH excluding ortho intramolecular Hbond substituents is 1. The molecule has 28 saturated carbocycles. The number of unbranched alkanes of at least 4 members (excludes halogenated alkanes) is 1. The van der Waals surface area contributed by atoms with Gasteiger partial charge in [-0.2, -0.15) is 0 Å². The Kier molecular flexibility index (Phi) is 32.5. The van der Waals surface area contributed by atoms with E-state index in [4.69, 9.17) is 0 Å². The van der Waals surface area contributed by atoms with Crippen molar-refractivity contribution in [2.75, 3.05) is 112 Å². The average Bonchev–Trinajstić information content (AvgIpc) is 0.732. The minimum atomic E-state index is 0.194. The molecule has 4 saturated heterocycles. The summed E-state index contributed by atoms with van der Waals surface area (Å²) in [6.07, 6.45) is 83.4. The largest absolute Gasteiger partial charge is 0.508 e. The molecule has 1 atom stereocenters. The fraction of sp³-hybridized carbons (Fsp3) is 0.841. The van der Waals surface area contributed by atoms with Crippen molar-refractivity contribution in [1.82, 2.24) is 50.7 Å². The number of carbonyl (C=O) groups is 4. The molecule has 141 heavy (non-hydrogen) atoms. The van der Waals surface area contributed by atoms with Crippen LogP contribution in [0.5, 0.6) is 5.75 Å². The van der Waals surface area contributed by atoms with Gasteiger partial charge in [0.2, 0.25) is 23.6 Å². The molecule has 4 amide bonds. The molecular formula is C126H198N10O5. The Balaban J connectivity index is 0.0000000978. The first kappa shape index (κ1) is 102. The summed E-state index contributed by atoms with van der Waals surface area (Å²) in [4.78, 5) is 64.5. The highest BCUT2D eigenvalue weighted by atomic mass is 16.3. The van der Waals surface area contributed by atoms with E-state index in [0.29, 0.717) is 59.5 Å². The first-order valence-corrected chi connectivity index (χ1v) is 60.9. The van der Waals surface area contributed by atoms with Crippen LogP contribution in [0.1, 0.15) is 385 Å². The van der Waals surface area contributed by atoms with Gasteiger partial charge in [-0.15, -0.1) is 6.58 Å². The van der Waals surface area contributed by atoms with Gasteiger partial charge in [0.25, 0.3) is 0 Å². The predicted molar refractivity (Wildman–Crippen MR) is 575 cm³/mol. The van der Waals surface area contributed by atoms with Gasteiger partial charge in [-0.3, -0.25) is 43.7 Å². The lowest BCUT2D eigenvalue weighted by atomic mass is 9.48. The number of likely N-dealkylation sites (N-methyl/N-ethyl adjacent to an activating group) is 1. The zero-order valence-corrected chi connectivity index (χ0v) is 89.6. The van der Waals surface area contributed by atoms with Gasteiger partial charge in [-0.05, 0) is 537 Å². The number of allylic oxidation sites excluding steroid dienone is 1. The van der Waals surface area contributed by atoms with Crippen molar-refractivity contribution in [3.05, 3.63) is 84.5 Å². The summed E-state index contributed by atoms with van der Waals surface area (Å²) in [6.45, 7) is 28.7. The molecule has 32 fully saturated rings. The molecule has 0 spiro atoms. The Bertz CT molecular complexity index is 4200. The van der Waals surface area contributed by atoms with Crippen LogP contribution in [0.15, 0.2) is 73.3 Å². The molecule has 4 heterocycles. The second-order valence-electron chi connectivity index (χ2n) is 56.8. The van der Waals surface area contributed by atoms with Crippen LogP contribution >= 0.6 is 0 Å². The molecular weight excluding hydrogens is 1730 g/mol. The first-order chi connectivity index (χ1) is 68.3. The molecule has 32 aliphatic rings. The maximum atomic E-state index is 12.4. The van der Waals surface area contributed by atoms with Crippen LogP contribution in [0.25, 0.3) is 6.08 Å². The average molecular weight is 1930 g/mol. The van der Waals surface area contributed by atoms with Crippen molar-refractivity contribution in [2.45, 2.75) is 408 Å². The highest BCUT2D eigenvalue weighted by Crippen LogP contribution is 2.66. The Morgan fingerprint density at radius 2 is 0.716 bits per heavy atom. The number of rotatable bonds is 26. The number of hydrogen-bond acceptors (Lipinski definition) is 11. The third-order valence-electron chi connectivity index (χ3n) is 44.1. The minimum absolute atomic E-state index is 0.194. The van der Waals surface area contributed by atoms with E-state index in [9.17, 15) is 24.3 Å². The fourth-order valence-electron chi connectivity index (χ4n) is 41.1. The molecule has 28 bridgehead atoms. The van der Waals surface area contributed by atoms with Gasteiger partial charge in [0.1, 0.15) is 5.75 Å². The SMILES string of the molecule is C(=C\c1ccccc1)/CN1CCN(C23CC4CC(CC(C4)C2)C3)CC1.C=CCCCC(=O)NC12CC3CC(CC(C3)C1)C2.CC(C)CCC(=O)NC12CC3CC(CC(C3)C1)C2.CC(CCc1ccc(O)cc1)CC12CC3CC(CC(C3)C1)C2.CN1CCN(C23CC4CC(CC(C4)C2)C3)CC1.O=C(CN1CCCCC1)NC12CC3CC(CC(C3)C1)C2.O=C(CN1CCCCC1)NCC12CC3CC(CC(C3)C1)C2. The van der Waals surface area contributed by atoms with E-state index in [2.05, 4.69) is 140 Å². The van der Waals surface area contributed by atoms with Crippen molar-refractivity contribution in [1.29, 1.82) is 0 Å². The van der Waals surface area contributed by atoms with Crippen LogP contribution in [-0.4, -0.2) is 198 Å². The maximum absolute atomic E-state index is 12.4. The van der Waals surface area contributed by atoms with Crippen LogP contribution in [0.4, 0.5) is 0 Å². The van der Waals surface area contributed by atoms with Crippen molar-refractivity contribution in [3.63, 3.8) is 0 Å². The third-order valence-corrected chi connectivity index (χ3v) is 44.1. The number of phenols is 1. The molecule has 0 aromatic heterocycles. The molecule has 1 unspecified atom stereocenters. The topological polar surface area (TPSA) is 156 Å². The van der Waals surface area contributed by atoms with Crippen LogP contribution < -0.4 is 21.3 Å². The number of piperazine rings is 2. The highest BCUT2D eigenvalue weighted by Gasteiger charge is 2.60. The molecule has 2 aromatic rings. The van der Waals surface area contributed by atoms with Crippen molar-refractivity contribution in [3.8, 4) is 5.75 Å². The van der Waals surface area contributed by atoms with E-state index < -0.39 is 0 Å².